The molecule has 0 atom stereocenters. The van der Waals surface area contributed by atoms with E-state index in [0.717, 1.165) is 24.7 Å². The van der Waals surface area contributed by atoms with Gasteiger partial charge in [0.2, 0.25) is 0 Å². The topological polar surface area (TPSA) is 3.24 Å². The third kappa shape index (κ3) is 5.11. The number of likely N-dealkylation sites (N-methyl/N-ethyl adjacent to an activating group) is 1. The SMILES string of the molecule is [Li][CH2]C=CCN(CC)CC. The van der Waals surface area contributed by atoms with E-state index in [1.807, 2.05) is 0 Å². The van der Waals surface area contributed by atoms with Gasteiger partial charge in [-0.15, -0.1) is 0 Å². The zero-order valence-corrected chi connectivity index (χ0v) is 7.43. The molecule has 0 aliphatic rings. The number of nitrogens with zero attached hydrogens (tertiary/aromatic N) is 1. The zero-order valence-electron chi connectivity index (χ0n) is 7.43. The summed E-state index contributed by atoms with van der Waals surface area (Å²) in [6.07, 6.45) is 4.46. The first-order valence-corrected chi connectivity index (χ1v) is 4.22. The van der Waals surface area contributed by atoms with Gasteiger partial charge in [0, 0.05) is 0 Å². The van der Waals surface area contributed by atoms with Gasteiger partial charge in [-0.1, -0.05) is 0 Å². The summed E-state index contributed by atoms with van der Waals surface area (Å²) >= 11 is 2.17. The summed E-state index contributed by atoms with van der Waals surface area (Å²) in [5.41, 5.74) is 0. The Balaban J connectivity index is 3.34. The van der Waals surface area contributed by atoms with Crippen LogP contribution in [-0.2, 0) is 0 Å². The van der Waals surface area contributed by atoms with E-state index < -0.39 is 0 Å². The summed E-state index contributed by atoms with van der Waals surface area (Å²) in [5.74, 6) is 0. The van der Waals surface area contributed by atoms with Crippen molar-refractivity contribution in [3.05, 3.63) is 12.2 Å². The van der Waals surface area contributed by atoms with E-state index >= 15 is 0 Å². The van der Waals surface area contributed by atoms with Crippen LogP contribution in [0.5, 0.6) is 0 Å². The van der Waals surface area contributed by atoms with Crippen LogP contribution >= 0.6 is 0 Å². The molecule has 0 aromatic heterocycles. The summed E-state index contributed by atoms with van der Waals surface area (Å²) in [6, 6.07) is 0. The first-order chi connectivity index (χ1) is 4.85. The van der Waals surface area contributed by atoms with Crippen LogP contribution in [0.3, 0.4) is 0 Å². The Morgan fingerprint density at radius 1 is 1.20 bits per heavy atom. The molecule has 0 aliphatic carbocycles. The van der Waals surface area contributed by atoms with Gasteiger partial charge in [0.1, 0.15) is 0 Å². The summed E-state index contributed by atoms with van der Waals surface area (Å²) in [4.78, 5) is 2.40. The molecule has 0 rings (SSSR count). The van der Waals surface area contributed by atoms with Crippen molar-refractivity contribution in [3.8, 4) is 0 Å². The molecule has 0 fully saturated rings. The predicted molar refractivity (Wildman–Crippen MR) is 47.5 cm³/mol. The monoisotopic (exact) mass is 133 g/mol. The van der Waals surface area contributed by atoms with Gasteiger partial charge in [-0.05, 0) is 0 Å². The fourth-order valence-electron chi connectivity index (χ4n) is 0.872. The predicted octanol–water partition coefficient (Wildman–Crippen LogP) is 1.47. The maximum atomic E-state index is 2.40. The van der Waals surface area contributed by atoms with Gasteiger partial charge in [-0.3, -0.25) is 0 Å². The fourth-order valence-corrected chi connectivity index (χ4v) is 0.872. The molecule has 10 heavy (non-hydrogen) atoms. The average molecular weight is 133 g/mol. The summed E-state index contributed by atoms with van der Waals surface area (Å²) in [7, 11) is 0. The van der Waals surface area contributed by atoms with Crippen LogP contribution in [0, 0.1) is 0 Å². The van der Waals surface area contributed by atoms with Crippen LogP contribution in [0.2, 0.25) is 5.09 Å². The molecule has 0 amide bonds. The van der Waals surface area contributed by atoms with Crippen molar-refractivity contribution in [1.82, 2.24) is 4.90 Å². The third-order valence-electron chi connectivity index (χ3n) is 1.66. The molecule has 0 bridgehead atoms. The van der Waals surface area contributed by atoms with Gasteiger partial charge < -0.3 is 0 Å². The van der Waals surface area contributed by atoms with Crippen LogP contribution in [0.25, 0.3) is 0 Å². The Labute approximate surface area is 73.7 Å². The van der Waals surface area contributed by atoms with Crippen LogP contribution in [0.4, 0.5) is 0 Å². The minimum atomic E-state index is 1.11. The van der Waals surface area contributed by atoms with Gasteiger partial charge in [0.05, 0.1) is 0 Å². The number of hydrogen-bond acceptors (Lipinski definition) is 1. The zero-order chi connectivity index (χ0) is 7.82. The molecule has 0 aliphatic heterocycles. The van der Waals surface area contributed by atoms with E-state index in [1.54, 1.807) is 0 Å². The van der Waals surface area contributed by atoms with Gasteiger partial charge in [0.15, 0.2) is 0 Å². The van der Waals surface area contributed by atoms with Crippen molar-refractivity contribution < 1.29 is 0 Å². The van der Waals surface area contributed by atoms with Crippen LogP contribution < -0.4 is 0 Å². The second-order valence-corrected chi connectivity index (χ2v) is 2.37. The van der Waals surface area contributed by atoms with E-state index in [-0.39, 0.29) is 0 Å². The van der Waals surface area contributed by atoms with Crippen LogP contribution in [0.15, 0.2) is 12.2 Å². The number of hydrogen-bond donors (Lipinski definition) is 0. The second kappa shape index (κ2) is 7.40. The van der Waals surface area contributed by atoms with Crippen molar-refractivity contribution in [2.24, 2.45) is 0 Å². The third-order valence-corrected chi connectivity index (χ3v) is 1.66. The van der Waals surface area contributed by atoms with Crippen LogP contribution in [0.1, 0.15) is 13.8 Å². The standard InChI is InChI=1S/C8H16N.Li/c1-4-7-8-9(5-2)6-3;/h4,7H,1,5-6,8H2,2-3H3;. The molecule has 0 radical (unpaired) electrons. The Kier molecular flexibility index (Phi) is 7.63. The van der Waals surface area contributed by atoms with E-state index in [4.69, 9.17) is 0 Å². The molecule has 2 heteroatoms. The molecule has 0 spiro atoms. The first kappa shape index (κ1) is 10.3. The molecule has 1 nitrogen and oxygen atoms in total. The molecule has 0 N–H and O–H groups in total. The Morgan fingerprint density at radius 2 is 1.80 bits per heavy atom. The van der Waals surface area contributed by atoms with Crippen molar-refractivity contribution >= 4 is 17.7 Å². The van der Waals surface area contributed by atoms with Gasteiger partial charge in [-0.25, -0.2) is 0 Å². The average Bonchev–Trinajstić information content (AvgIpc) is 1.99. The summed E-state index contributed by atoms with van der Waals surface area (Å²) in [6.45, 7) is 7.82. The molecule has 0 aromatic carbocycles. The molecular weight excluding hydrogens is 117 g/mol. The minimum absolute atomic E-state index is 1.11. The summed E-state index contributed by atoms with van der Waals surface area (Å²) in [5, 5.41) is 1.15. The summed E-state index contributed by atoms with van der Waals surface area (Å²) < 4.78 is 0. The van der Waals surface area contributed by atoms with Gasteiger partial charge >= 0.3 is 73.3 Å². The second-order valence-electron chi connectivity index (χ2n) is 2.37. The van der Waals surface area contributed by atoms with Gasteiger partial charge in [0.25, 0.3) is 0 Å². The Morgan fingerprint density at radius 3 is 2.20 bits per heavy atom. The van der Waals surface area contributed by atoms with Crippen molar-refractivity contribution in [3.63, 3.8) is 0 Å². The van der Waals surface area contributed by atoms with Gasteiger partial charge in [-0.2, -0.15) is 0 Å². The maximum absolute atomic E-state index is 2.40. The molecule has 0 saturated carbocycles. The Hall–Kier alpha value is 0.297. The first-order valence-electron chi connectivity index (χ1n) is 4.22. The van der Waals surface area contributed by atoms with Crippen LogP contribution in [-0.4, -0.2) is 42.2 Å². The fraction of sp³-hybridized carbons (Fsp3) is 0.750. The van der Waals surface area contributed by atoms with Crippen molar-refractivity contribution in [1.29, 1.82) is 0 Å². The number of allylic oxidation sites excluding steroid dienone is 1. The normalized spacial score (nSPS) is 11.7. The van der Waals surface area contributed by atoms with E-state index in [2.05, 4.69) is 48.6 Å². The Bertz CT molecular complexity index is 87.3. The van der Waals surface area contributed by atoms with E-state index in [1.165, 1.54) is 0 Å². The molecule has 0 aromatic rings. The molecule has 54 valence electrons. The molecule has 0 unspecified atom stereocenters. The molecule has 0 heterocycles. The van der Waals surface area contributed by atoms with Crippen molar-refractivity contribution in [2.75, 3.05) is 19.6 Å². The molecule has 0 saturated heterocycles. The van der Waals surface area contributed by atoms with E-state index in [9.17, 15) is 0 Å². The number of rotatable bonds is 5. The van der Waals surface area contributed by atoms with Crippen molar-refractivity contribution in [2.45, 2.75) is 18.9 Å². The quantitative estimate of drug-likeness (QED) is 0.405. The molecular formula is C8H16LiN. The van der Waals surface area contributed by atoms with E-state index in [0.29, 0.717) is 0 Å².